The Hall–Kier alpha value is -3.52. The first-order valence-corrected chi connectivity index (χ1v) is 11.6. The Labute approximate surface area is 206 Å². The number of amides is 1. The van der Waals surface area contributed by atoms with Gasteiger partial charge in [-0.15, -0.1) is 0 Å². The molecule has 188 valence electrons. The van der Waals surface area contributed by atoms with Crippen LogP contribution >= 0.6 is 0 Å². The third-order valence-corrected chi connectivity index (χ3v) is 5.87. The number of carbonyl (C=O) groups excluding carboxylic acids is 2. The zero-order valence-electron chi connectivity index (χ0n) is 21.2. The van der Waals surface area contributed by atoms with Crippen LogP contribution in [0.15, 0.2) is 42.0 Å². The predicted octanol–water partition coefficient (Wildman–Crippen LogP) is 3.87. The highest BCUT2D eigenvalue weighted by atomic mass is 16.5. The molecule has 1 aliphatic heterocycles. The smallest absolute Gasteiger partial charge is 0.295 e. The van der Waals surface area contributed by atoms with Crippen LogP contribution < -0.4 is 9.47 Å². The summed E-state index contributed by atoms with van der Waals surface area (Å²) in [7, 11) is 5.31. The summed E-state index contributed by atoms with van der Waals surface area (Å²) in [6.45, 7) is 6.75. The molecule has 1 fully saturated rings. The largest absolute Gasteiger partial charge is 0.507 e. The topological polar surface area (TPSA) is 99.5 Å². The maximum Gasteiger partial charge on any atom is 0.295 e. The van der Waals surface area contributed by atoms with Crippen LogP contribution in [0.25, 0.3) is 5.76 Å². The number of methoxy groups -OCH3 is 1. The molecule has 0 spiro atoms. The van der Waals surface area contributed by atoms with Gasteiger partial charge in [0, 0.05) is 12.1 Å². The van der Waals surface area contributed by atoms with Gasteiger partial charge >= 0.3 is 0 Å². The number of aliphatic hydroxyl groups is 1. The first kappa shape index (κ1) is 26.1. The number of benzene rings is 2. The first-order chi connectivity index (χ1) is 16.5. The number of aliphatic hydroxyl groups excluding tert-OH is 1. The van der Waals surface area contributed by atoms with E-state index in [-0.39, 0.29) is 28.9 Å². The van der Waals surface area contributed by atoms with Gasteiger partial charge < -0.3 is 29.5 Å². The second kappa shape index (κ2) is 10.8. The van der Waals surface area contributed by atoms with Crippen molar-refractivity contribution in [1.29, 1.82) is 0 Å². The van der Waals surface area contributed by atoms with E-state index in [2.05, 4.69) is 0 Å². The van der Waals surface area contributed by atoms with E-state index in [1.165, 1.54) is 18.1 Å². The molecule has 1 amide bonds. The highest BCUT2D eigenvalue weighted by Gasteiger charge is 2.46. The number of Topliss-reactive ketones (excluding diaryl/α,β-unsaturated/α-hetero) is 1. The number of ether oxygens (including phenoxy) is 2. The molecule has 2 aromatic carbocycles. The number of phenolic OH excluding ortho intramolecular Hbond substituents is 1. The summed E-state index contributed by atoms with van der Waals surface area (Å²) in [6.07, 6.45) is 0.627. The van der Waals surface area contributed by atoms with Crippen molar-refractivity contribution in [3.8, 4) is 17.2 Å². The number of ketones is 1. The summed E-state index contributed by atoms with van der Waals surface area (Å²) in [4.78, 5) is 29.7. The molecule has 1 heterocycles. The fraction of sp³-hybridized carbons (Fsp3) is 0.407. The molecule has 0 radical (unpaired) electrons. The molecular formula is C27H34N2O6. The van der Waals surface area contributed by atoms with E-state index in [1.54, 1.807) is 30.3 Å². The first-order valence-electron chi connectivity index (χ1n) is 11.6. The third-order valence-electron chi connectivity index (χ3n) is 5.87. The number of hydrogen-bond acceptors (Lipinski definition) is 7. The summed E-state index contributed by atoms with van der Waals surface area (Å²) in [5.41, 5.74) is 1.70. The Balaban J connectivity index is 2.11. The Morgan fingerprint density at radius 1 is 1.11 bits per heavy atom. The Morgan fingerprint density at radius 3 is 2.37 bits per heavy atom. The van der Waals surface area contributed by atoms with Gasteiger partial charge in [0.1, 0.15) is 11.5 Å². The van der Waals surface area contributed by atoms with Crippen LogP contribution in [-0.4, -0.2) is 72.1 Å². The van der Waals surface area contributed by atoms with Gasteiger partial charge in [-0.25, -0.2) is 0 Å². The lowest BCUT2D eigenvalue weighted by atomic mass is 9.94. The third kappa shape index (κ3) is 5.59. The zero-order chi connectivity index (χ0) is 25.9. The molecule has 8 heteroatoms. The van der Waals surface area contributed by atoms with Gasteiger partial charge in [-0.2, -0.15) is 0 Å². The zero-order valence-corrected chi connectivity index (χ0v) is 21.2. The molecule has 2 aromatic rings. The second-order valence-electron chi connectivity index (χ2n) is 9.23. The fourth-order valence-corrected chi connectivity index (χ4v) is 4.23. The van der Waals surface area contributed by atoms with Crippen molar-refractivity contribution in [3.05, 3.63) is 58.7 Å². The van der Waals surface area contributed by atoms with E-state index >= 15 is 0 Å². The molecule has 1 atom stereocenters. The number of rotatable bonds is 9. The van der Waals surface area contributed by atoms with Crippen molar-refractivity contribution < 1.29 is 29.3 Å². The Bertz CT molecular complexity index is 1140. The molecule has 1 saturated heterocycles. The fourth-order valence-electron chi connectivity index (χ4n) is 4.23. The number of hydrogen-bond donors (Lipinski definition) is 2. The lowest BCUT2D eigenvalue weighted by Gasteiger charge is -2.26. The van der Waals surface area contributed by atoms with Crippen LogP contribution in [0.5, 0.6) is 17.2 Å². The van der Waals surface area contributed by atoms with E-state index in [0.29, 0.717) is 29.8 Å². The highest BCUT2D eigenvalue weighted by Crippen LogP contribution is 2.42. The van der Waals surface area contributed by atoms with Crippen LogP contribution in [0.3, 0.4) is 0 Å². The minimum Gasteiger partial charge on any atom is -0.507 e. The normalized spacial score (nSPS) is 17.5. The molecular weight excluding hydrogens is 448 g/mol. The second-order valence-corrected chi connectivity index (χ2v) is 9.23. The minimum atomic E-state index is -0.846. The average molecular weight is 483 g/mol. The van der Waals surface area contributed by atoms with E-state index in [9.17, 15) is 19.8 Å². The monoisotopic (exact) mass is 482 g/mol. The Kier molecular flexibility index (Phi) is 8.07. The predicted molar refractivity (Wildman–Crippen MR) is 134 cm³/mol. The maximum atomic E-state index is 13.2. The van der Waals surface area contributed by atoms with Crippen molar-refractivity contribution in [2.45, 2.75) is 39.3 Å². The number of phenols is 1. The van der Waals surface area contributed by atoms with Gasteiger partial charge in [0.15, 0.2) is 11.5 Å². The van der Waals surface area contributed by atoms with Gasteiger partial charge in [-0.05, 0) is 89.3 Å². The molecule has 0 aliphatic carbocycles. The van der Waals surface area contributed by atoms with Gasteiger partial charge in [-0.1, -0.05) is 6.07 Å². The van der Waals surface area contributed by atoms with Crippen LogP contribution in [0.1, 0.15) is 43.0 Å². The summed E-state index contributed by atoms with van der Waals surface area (Å²) < 4.78 is 10.9. The van der Waals surface area contributed by atoms with Gasteiger partial charge in [0.25, 0.3) is 11.7 Å². The molecule has 0 saturated carbocycles. The number of likely N-dealkylation sites (tertiary alicyclic amines) is 1. The summed E-state index contributed by atoms with van der Waals surface area (Å²) in [5.74, 6) is -0.866. The molecule has 0 bridgehead atoms. The molecule has 0 aromatic heterocycles. The van der Waals surface area contributed by atoms with Crippen molar-refractivity contribution in [1.82, 2.24) is 9.80 Å². The molecule has 35 heavy (non-hydrogen) atoms. The van der Waals surface area contributed by atoms with Crippen LogP contribution in [-0.2, 0) is 9.59 Å². The van der Waals surface area contributed by atoms with E-state index in [4.69, 9.17) is 9.47 Å². The molecule has 2 N–H and O–H groups in total. The summed E-state index contributed by atoms with van der Waals surface area (Å²) >= 11 is 0. The van der Waals surface area contributed by atoms with E-state index < -0.39 is 17.7 Å². The number of aromatic hydroxyl groups is 1. The summed E-state index contributed by atoms with van der Waals surface area (Å²) in [6, 6.07) is 9.02. The van der Waals surface area contributed by atoms with Gasteiger partial charge in [0.2, 0.25) is 0 Å². The lowest BCUT2D eigenvalue weighted by Crippen LogP contribution is -2.32. The Morgan fingerprint density at radius 2 is 1.80 bits per heavy atom. The molecule has 3 rings (SSSR count). The van der Waals surface area contributed by atoms with E-state index in [0.717, 1.165) is 12.1 Å². The molecule has 1 unspecified atom stereocenters. The quantitative estimate of drug-likeness (QED) is 0.318. The number of nitrogens with zero attached hydrogens (tertiary/aromatic N) is 2. The van der Waals surface area contributed by atoms with Gasteiger partial charge in [0.05, 0.1) is 24.8 Å². The number of aryl methyl sites for hydroxylation is 1. The van der Waals surface area contributed by atoms with Crippen LogP contribution in [0.2, 0.25) is 0 Å². The lowest BCUT2D eigenvalue weighted by molar-refractivity contribution is -0.139. The minimum absolute atomic E-state index is 0.0108. The van der Waals surface area contributed by atoms with Crippen LogP contribution in [0, 0.1) is 6.92 Å². The van der Waals surface area contributed by atoms with Crippen molar-refractivity contribution in [2.75, 3.05) is 34.3 Å². The number of carbonyl (C=O) groups is 2. The van der Waals surface area contributed by atoms with Crippen LogP contribution in [0.4, 0.5) is 0 Å². The maximum absolute atomic E-state index is 13.2. The van der Waals surface area contributed by atoms with Crippen molar-refractivity contribution in [2.24, 2.45) is 0 Å². The van der Waals surface area contributed by atoms with Crippen molar-refractivity contribution >= 4 is 17.4 Å². The van der Waals surface area contributed by atoms with Crippen molar-refractivity contribution in [3.63, 3.8) is 0 Å². The van der Waals surface area contributed by atoms with Gasteiger partial charge in [-0.3, -0.25) is 9.59 Å². The SMILES string of the molecule is COc1ccc(C2/C(=C(/O)c3ccc(OC(C)C)c(C)c3)C(=O)C(=O)N2CCCN(C)C)cc1O. The summed E-state index contributed by atoms with van der Waals surface area (Å²) in [5, 5.41) is 21.7. The van der Waals surface area contributed by atoms with E-state index in [1.807, 2.05) is 39.8 Å². The standard InChI is InChI=1S/C27H34N2O6/c1-16(2)35-21-10-9-19(14-17(21)3)25(31)23-24(18-8-11-22(34-6)20(30)15-18)29(27(33)26(23)32)13-7-12-28(4)5/h8-11,14-16,24,30-31H,7,12-13H2,1-6H3/b25-23-. The molecule has 8 nitrogen and oxygen atoms in total. The highest BCUT2D eigenvalue weighted by molar-refractivity contribution is 6.46. The average Bonchev–Trinajstić information content (AvgIpc) is 3.04. The molecule has 1 aliphatic rings.